The van der Waals surface area contributed by atoms with Crippen molar-refractivity contribution < 1.29 is 23.8 Å². The van der Waals surface area contributed by atoms with Crippen molar-refractivity contribution in [1.82, 2.24) is 10.3 Å². The number of amides is 1. The Labute approximate surface area is 115 Å². The van der Waals surface area contributed by atoms with E-state index in [1.807, 2.05) is 0 Å². The fraction of sp³-hybridized carbons (Fsp3) is 0.308. The maximum Gasteiger partial charge on any atom is 0.376 e. The van der Waals surface area contributed by atoms with E-state index in [1.165, 1.54) is 12.5 Å². The number of aromatic nitrogens is 1. The Bertz CT molecular complexity index is 501. The molecule has 0 unspecified atom stereocenters. The van der Waals surface area contributed by atoms with E-state index in [0.29, 0.717) is 18.8 Å². The van der Waals surface area contributed by atoms with Crippen molar-refractivity contribution in [3.8, 4) is 0 Å². The first-order valence-electron chi connectivity index (χ1n) is 6.07. The molecule has 0 fully saturated rings. The molecular weight excluding hydrogens is 264 g/mol. The first-order valence-corrected chi connectivity index (χ1v) is 6.07. The van der Waals surface area contributed by atoms with E-state index in [-0.39, 0.29) is 24.8 Å². The number of hydrogen-bond donors (Lipinski definition) is 1. The highest BCUT2D eigenvalue weighted by Crippen LogP contribution is 2.05. The van der Waals surface area contributed by atoms with E-state index in [9.17, 15) is 9.59 Å². The summed E-state index contributed by atoms with van der Waals surface area (Å²) in [7, 11) is 0. The number of esters is 1. The highest BCUT2D eigenvalue weighted by molar-refractivity contribution is 5.93. The lowest BCUT2D eigenvalue weighted by Gasteiger charge is -2.14. The zero-order valence-corrected chi connectivity index (χ0v) is 10.7. The molecule has 0 spiro atoms. The van der Waals surface area contributed by atoms with E-state index in [2.05, 4.69) is 10.3 Å². The molecule has 7 nitrogen and oxygen atoms in total. The molecule has 1 amide bonds. The number of nitrogens with zero attached hydrogens (tertiary/aromatic N) is 1. The maximum absolute atomic E-state index is 11.6. The molecule has 2 rings (SSSR count). The Morgan fingerprint density at radius 1 is 1.40 bits per heavy atom. The number of hydrogen-bond acceptors (Lipinski definition) is 6. The average Bonchev–Trinajstić information content (AvgIpc) is 2.53. The number of nitrogens with one attached hydrogen (secondary N) is 1. The number of rotatable bonds is 5. The third-order valence-electron chi connectivity index (χ3n) is 2.39. The molecule has 0 radical (unpaired) electrons. The third-order valence-corrected chi connectivity index (χ3v) is 2.39. The van der Waals surface area contributed by atoms with E-state index < -0.39 is 5.97 Å². The number of ether oxygens (including phenoxy) is 3. The molecule has 1 N–H and O–H groups in total. The van der Waals surface area contributed by atoms with Gasteiger partial charge in [-0.1, -0.05) is 0 Å². The van der Waals surface area contributed by atoms with Gasteiger partial charge in [0.1, 0.15) is 26.1 Å². The van der Waals surface area contributed by atoms with Crippen molar-refractivity contribution in [2.75, 3.05) is 26.4 Å². The highest BCUT2D eigenvalue weighted by atomic mass is 16.6. The van der Waals surface area contributed by atoms with E-state index in [1.54, 1.807) is 18.3 Å². The van der Waals surface area contributed by atoms with E-state index in [4.69, 9.17) is 14.2 Å². The van der Waals surface area contributed by atoms with Crippen LogP contribution in [0.2, 0.25) is 0 Å². The van der Waals surface area contributed by atoms with Gasteiger partial charge in [-0.2, -0.15) is 0 Å². The number of carbonyl (C=O) groups excluding carboxylic acids is 2. The van der Waals surface area contributed by atoms with Crippen molar-refractivity contribution in [2.24, 2.45) is 0 Å². The normalized spacial score (nSPS) is 13.5. The van der Waals surface area contributed by atoms with Crippen LogP contribution in [0.5, 0.6) is 0 Å². The molecule has 106 valence electrons. The quantitative estimate of drug-likeness (QED) is 0.613. The van der Waals surface area contributed by atoms with Gasteiger partial charge in [-0.3, -0.25) is 9.78 Å². The average molecular weight is 278 g/mol. The van der Waals surface area contributed by atoms with Crippen LogP contribution in [0.1, 0.15) is 10.4 Å². The van der Waals surface area contributed by atoms with Crippen LogP contribution in [-0.4, -0.2) is 43.2 Å². The Morgan fingerprint density at radius 2 is 2.30 bits per heavy atom. The van der Waals surface area contributed by atoms with Gasteiger partial charge in [-0.25, -0.2) is 4.79 Å². The molecule has 0 atom stereocenters. The van der Waals surface area contributed by atoms with Gasteiger partial charge in [0.05, 0.1) is 12.1 Å². The predicted molar refractivity (Wildman–Crippen MR) is 67.5 cm³/mol. The molecule has 0 saturated carbocycles. The Morgan fingerprint density at radius 3 is 3.00 bits per heavy atom. The van der Waals surface area contributed by atoms with Crippen molar-refractivity contribution in [3.05, 3.63) is 42.1 Å². The molecule has 0 aliphatic carbocycles. The Kier molecular flexibility index (Phi) is 4.94. The van der Waals surface area contributed by atoms with Crippen LogP contribution in [-0.2, 0) is 19.0 Å². The molecular formula is C13H14N2O5. The van der Waals surface area contributed by atoms with Crippen molar-refractivity contribution in [2.45, 2.75) is 0 Å². The summed E-state index contributed by atoms with van der Waals surface area (Å²) < 4.78 is 14.9. The van der Waals surface area contributed by atoms with Crippen LogP contribution in [0.15, 0.2) is 36.5 Å². The van der Waals surface area contributed by atoms with Crippen molar-refractivity contribution >= 4 is 11.9 Å². The molecule has 2 heterocycles. The zero-order valence-electron chi connectivity index (χ0n) is 10.7. The summed E-state index contributed by atoms with van der Waals surface area (Å²) >= 11 is 0. The smallest absolute Gasteiger partial charge is 0.376 e. The van der Waals surface area contributed by atoms with Crippen LogP contribution >= 0.6 is 0 Å². The minimum atomic E-state index is -0.611. The summed E-state index contributed by atoms with van der Waals surface area (Å²) in [5, 5.41) is 2.61. The minimum Gasteiger partial charge on any atom is -0.493 e. The second-order valence-electron chi connectivity index (χ2n) is 3.83. The van der Waals surface area contributed by atoms with Crippen LogP contribution < -0.4 is 5.32 Å². The summed E-state index contributed by atoms with van der Waals surface area (Å²) in [5.74, 6) is -0.847. The van der Waals surface area contributed by atoms with Gasteiger partial charge < -0.3 is 19.5 Å². The number of carbonyl (C=O) groups is 2. The zero-order chi connectivity index (χ0) is 14.2. The molecule has 1 aliphatic rings. The topological polar surface area (TPSA) is 86.8 Å². The lowest BCUT2D eigenvalue weighted by atomic mass is 10.3. The van der Waals surface area contributed by atoms with Crippen LogP contribution in [0.25, 0.3) is 0 Å². The molecule has 1 aromatic heterocycles. The molecule has 20 heavy (non-hydrogen) atoms. The lowest BCUT2D eigenvalue weighted by Crippen LogP contribution is -2.28. The summed E-state index contributed by atoms with van der Waals surface area (Å²) in [6, 6.07) is 3.31. The molecule has 0 bridgehead atoms. The van der Waals surface area contributed by atoms with Crippen LogP contribution in [0, 0.1) is 0 Å². The maximum atomic E-state index is 11.6. The number of pyridine rings is 1. The summed E-state index contributed by atoms with van der Waals surface area (Å²) in [5.41, 5.74) is 0.450. The third kappa shape index (κ3) is 3.98. The van der Waals surface area contributed by atoms with Gasteiger partial charge >= 0.3 is 5.97 Å². The summed E-state index contributed by atoms with van der Waals surface area (Å²) in [6.45, 7) is 0.982. The molecule has 7 heteroatoms. The summed E-state index contributed by atoms with van der Waals surface area (Å²) in [4.78, 5) is 27.0. The van der Waals surface area contributed by atoms with Crippen molar-refractivity contribution in [3.63, 3.8) is 0 Å². The first kappa shape index (κ1) is 13.9. The fourth-order valence-corrected chi connectivity index (χ4v) is 1.45. The van der Waals surface area contributed by atoms with Gasteiger partial charge in [0, 0.05) is 12.4 Å². The predicted octanol–water partition coefficient (Wildman–Crippen LogP) is 0.243. The Hall–Kier alpha value is -2.57. The van der Waals surface area contributed by atoms with Gasteiger partial charge in [-0.15, -0.1) is 0 Å². The van der Waals surface area contributed by atoms with Gasteiger partial charge in [0.15, 0.2) is 0 Å². The fourth-order valence-electron chi connectivity index (χ4n) is 1.45. The molecule has 0 saturated heterocycles. The first-order chi connectivity index (χ1) is 9.77. The van der Waals surface area contributed by atoms with Crippen LogP contribution in [0.4, 0.5) is 0 Å². The van der Waals surface area contributed by atoms with Gasteiger partial charge in [-0.05, 0) is 12.1 Å². The largest absolute Gasteiger partial charge is 0.493 e. The standard InChI is InChI=1S/C13H14N2O5/c16-12(10-2-1-3-14-8-10)15-4-5-20-13(17)11-9-18-6-7-19-11/h1-3,8-9H,4-7H2,(H,15,16). The highest BCUT2D eigenvalue weighted by Gasteiger charge is 2.16. The monoisotopic (exact) mass is 278 g/mol. The summed E-state index contributed by atoms with van der Waals surface area (Å²) in [6.07, 6.45) is 4.26. The van der Waals surface area contributed by atoms with Crippen molar-refractivity contribution in [1.29, 1.82) is 0 Å². The second kappa shape index (κ2) is 7.13. The molecule has 1 aromatic rings. The minimum absolute atomic E-state index is 0.0369. The van der Waals surface area contributed by atoms with Gasteiger partial charge in [0.25, 0.3) is 5.91 Å². The SMILES string of the molecule is O=C(OCCNC(=O)c1cccnc1)C1=COCCO1. The van der Waals surface area contributed by atoms with E-state index in [0.717, 1.165) is 0 Å². The van der Waals surface area contributed by atoms with Crippen LogP contribution in [0.3, 0.4) is 0 Å². The lowest BCUT2D eigenvalue weighted by molar-refractivity contribution is -0.144. The van der Waals surface area contributed by atoms with Gasteiger partial charge in [0.2, 0.25) is 5.76 Å². The Balaban J connectivity index is 1.67. The van der Waals surface area contributed by atoms with E-state index >= 15 is 0 Å². The molecule has 1 aliphatic heterocycles. The molecule has 0 aromatic carbocycles. The second-order valence-corrected chi connectivity index (χ2v) is 3.83.